The Balaban J connectivity index is 1.63. The number of nitrogens with zero attached hydrogens (tertiary/aromatic N) is 2. The highest BCUT2D eigenvalue weighted by atomic mass is 32.1. The normalized spacial score (nSPS) is 10.8. The monoisotopic (exact) mass is 491 g/mol. The molecule has 0 spiro atoms. The summed E-state index contributed by atoms with van der Waals surface area (Å²) in [7, 11) is 0. The summed E-state index contributed by atoms with van der Waals surface area (Å²) in [5, 5.41) is 14.0. The van der Waals surface area contributed by atoms with Crippen LogP contribution in [0.4, 0.5) is 10.1 Å². The van der Waals surface area contributed by atoms with E-state index < -0.39 is 0 Å². The molecule has 8 heteroatoms. The molecule has 0 saturated carbocycles. The zero-order chi connectivity index (χ0) is 24.8. The quantitative estimate of drug-likeness (QED) is 0.296. The van der Waals surface area contributed by atoms with Gasteiger partial charge < -0.3 is 19.7 Å². The second-order valence-corrected chi connectivity index (χ2v) is 8.30. The predicted octanol–water partition coefficient (Wildman–Crippen LogP) is 5.68. The molecule has 4 aromatic rings. The van der Waals surface area contributed by atoms with E-state index in [-0.39, 0.29) is 24.0 Å². The number of imidazole rings is 1. The Kier molecular flexibility index (Phi) is 7.62. The number of para-hydroxylation sites is 1. The number of amides is 1. The largest absolute Gasteiger partial charge is 0.494 e. The summed E-state index contributed by atoms with van der Waals surface area (Å²) in [5.41, 5.74) is 2.61. The number of carbonyl (C=O) groups is 1. The Hall–Kier alpha value is -3.91. The van der Waals surface area contributed by atoms with Crippen LogP contribution in [-0.2, 0) is 24.2 Å². The molecule has 180 valence electrons. The Bertz CT molecular complexity index is 1360. The number of anilines is 1. The van der Waals surface area contributed by atoms with Gasteiger partial charge >= 0.3 is 0 Å². The van der Waals surface area contributed by atoms with Crippen LogP contribution in [0.5, 0.6) is 11.6 Å². The minimum atomic E-state index is -0.302. The molecule has 3 aromatic carbocycles. The fraction of sp³-hybridized carbons (Fsp3) is 0.185. The van der Waals surface area contributed by atoms with Crippen LogP contribution in [0.3, 0.4) is 0 Å². The number of nitrogens with one attached hydrogen (secondary N) is 1. The molecule has 1 heterocycles. The molecule has 1 aromatic heterocycles. The van der Waals surface area contributed by atoms with Crippen molar-refractivity contribution < 1.29 is 19.0 Å². The predicted molar refractivity (Wildman–Crippen MR) is 136 cm³/mol. The maximum absolute atomic E-state index is 13.3. The molecule has 0 aliphatic rings. The van der Waals surface area contributed by atoms with Crippen molar-refractivity contribution in [2.45, 2.75) is 26.3 Å². The van der Waals surface area contributed by atoms with Gasteiger partial charge in [-0.05, 0) is 67.5 Å². The SMILES string of the molecule is CCOc1cccc(NC(=O)Cc2c(O)n(-c3ccccc3)c(=S)n2CCc2ccc(F)cc2)c1. The smallest absolute Gasteiger partial charge is 0.230 e. The van der Waals surface area contributed by atoms with E-state index in [4.69, 9.17) is 17.0 Å². The van der Waals surface area contributed by atoms with Gasteiger partial charge in [0, 0.05) is 18.3 Å². The first kappa shape index (κ1) is 24.2. The summed E-state index contributed by atoms with van der Waals surface area (Å²) in [6.07, 6.45) is 0.468. The second kappa shape index (κ2) is 11.0. The van der Waals surface area contributed by atoms with Crippen LogP contribution in [0.1, 0.15) is 18.2 Å². The molecule has 0 fully saturated rings. The lowest BCUT2D eigenvalue weighted by molar-refractivity contribution is -0.115. The third-order valence-corrected chi connectivity index (χ3v) is 5.93. The number of benzene rings is 3. The molecule has 0 atom stereocenters. The van der Waals surface area contributed by atoms with E-state index in [1.54, 1.807) is 39.5 Å². The second-order valence-electron chi connectivity index (χ2n) is 7.94. The fourth-order valence-electron chi connectivity index (χ4n) is 3.87. The molecule has 0 saturated heterocycles. The van der Waals surface area contributed by atoms with Gasteiger partial charge in [-0.15, -0.1) is 0 Å². The first-order valence-corrected chi connectivity index (χ1v) is 11.7. The molecule has 0 bridgehead atoms. The number of carbonyl (C=O) groups excluding carboxylic acids is 1. The van der Waals surface area contributed by atoms with Crippen molar-refractivity contribution in [2.75, 3.05) is 11.9 Å². The van der Waals surface area contributed by atoms with Gasteiger partial charge in [0.15, 0.2) is 4.77 Å². The molecule has 0 unspecified atom stereocenters. The fourth-order valence-corrected chi connectivity index (χ4v) is 4.26. The van der Waals surface area contributed by atoms with E-state index in [1.165, 1.54) is 12.1 Å². The molecule has 6 nitrogen and oxygen atoms in total. The number of hydrogen-bond donors (Lipinski definition) is 2. The summed E-state index contributed by atoms with van der Waals surface area (Å²) < 4.78 is 22.5. The maximum atomic E-state index is 13.3. The molecule has 0 aliphatic carbocycles. The topological polar surface area (TPSA) is 68.4 Å². The standard InChI is InChI=1S/C27H26FN3O3S/c1-2-34-23-10-6-7-21(17-23)29-25(32)18-24-26(33)31(22-8-4-3-5-9-22)27(35)30(24)16-15-19-11-13-20(28)14-12-19/h3-14,17,33H,2,15-16,18H2,1H3,(H,29,32). The van der Waals surface area contributed by atoms with Gasteiger partial charge in [-0.3, -0.25) is 9.36 Å². The lowest BCUT2D eigenvalue weighted by Crippen LogP contribution is -2.17. The zero-order valence-corrected chi connectivity index (χ0v) is 20.1. The highest BCUT2D eigenvalue weighted by molar-refractivity contribution is 7.71. The van der Waals surface area contributed by atoms with Crippen LogP contribution in [0.25, 0.3) is 5.69 Å². The van der Waals surface area contributed by atoms with Crippen LogP contribution < -0.4 is 10.1 Å². The molecule has 0 radical (unpaired) electrons. The van der Waals surface area contributed by atoms with Crippen LogP contribution in [-0.4, -0.2) is 26.8 Å². The van der Waals surface area contributed by atoms with Gasteiger partial charge in [0.2, 0.25) is 11.8 Å². The van der Waals surface area contributed by atoms with Crippen LogP contribution in [0.15, 0.2) is 78.9 Å². The molecule has 4 rings (SSSR count). The summed E-state index contributed by atoms with van der Waals surface area (Å²) in [6, 6.07) is 22.6. The number of rotatable bonds is 9. The van der Waals surface area contributed by atoms with Gasteiger partial charge in [-0.1, -0.05) is 36.4 Å². The molecule has 35 heavy (non-hydrogen) atoms. The van der Waals surface area contributed by atoms with E-state index >= 15 is 0 Å². The first-order valence-electron chi connectivity index (χ1n) is 11.3. The molecular weight excluding hydrogens is 465 g/mol. The minimum Gasteiger partial charge on any atom is -0.494 e. The average Bonchev–Trinajstić information content (AvgIpc) is 3.08. The summed E-state index contributed by atoms with van der Waals surface area (Å²) in [5.74, 6) is -0.0298. The van der Waals surface area contributed by atoms with Crippen molar-refractivity contribution in [3.63, 3.8) is 0 Å². The van der Waals surface area contributed by atoms with Crippen molar-refractivity contribution in [2.24, 2.45) is 0 Å². The Morgan fingerprint density at radius 1 is 1.06 bits per heavy atom. The van der Waals surface area contributed by atoms with Crippen LogP contribution in [0.2, 0.25) is 0 Å². The van der Waals surface area contributed by atoms with Gasteiger partial charge in [-0.2, -0.15) is 0 Å². The lowest BCUT2D eigenvalue weighted by Gasteiger charge is -2.10. The number of aromatic hydroxyl groups is 1. The van der Waals surface area contributed by atoms with Gasteiger partial charge in [0.05, 0.1) is 24.4 Å². The minimum absolute atomic E-state index is 0.0847. The number of aryl methyl sites for hydroxylation is 1. The molecular formula is C27H26FN3O3S. The highest BCUT2D eigenvalue weighted by Gasteiger charge is 2.21. The van der Waals surface area contributed by atoms with Gasteiger partial charge in [-0.25, -0.2) is 4.39 Å². The Morgan fingerprint density at radius 2 is 1.80 bits per heavy atom. The van der Waals surface area contributed by atoms with Crippen molar-refractivity contribution in [3.8, 4) is 17.3 Å². The summed E-state index contributed by atoms with van der Waals surface area (Å²) >= 11 is 5.70. The Morgan fingerprint density at radius 3 is 2.51 bits per heavy atom. The molecule has 2 N–H and O–H groups in total. The van der Waals surface area contributed by atoms with Crippen molar-refractivity contribution >= 4 is 23.8 Å². The maximum Gasteiger partial charge on any atom is 0.230 e. The number of hydrogen-bond acceptors (Lipinski definition) is 4. The van der Waals surface area contributed by atoms with E-state index in [1.807, 2.05) is 43.3 Å². The van der Waals surface area contributed by atoms with Crippen molar-refractivity contribution in [1.82, 2.24) is 9.13 Å². The van der Waals surface area contributed by atoms with Crippen molar-refractivity contribution in [3.05, 3.63) is 101 Å². The van der Waals surface area contributed by atoms with E-state index in [2.05, 4.69) is 5.32 Å². The molecule has 1 amide bonds. The van der Waals surface area contributed by atoms with Gasteiger partial charge in [0.25, 0.3) is 0 Å². The van der Waals surface area contributed by atoms with Crippen LogP contribution >= 0.6 is 12.2 Å². The third kappa shape index (κ3) is 5.78. The summed E-state index contributed by atoms with van der Waals surface area (Å²) in [6.45, 7) is 2.83. The number of halogens is 1. The third-order valence-electron chi connectivity index (χ3n) is 5.53. The van der Waals surface area contributed by atoms with E-state index in [0.29, 0.717) is 47.2 Å². The van der Waals surface area contributed by atoms with Gasteiger partial charge in [0.1, 0.15) is 11.6 Å². The lowest BCUT2D eigenvalue weighted by atomic mass is 10.1. The summed E-state index contributed by atoms with van der Waals surface area (Å²) in [4.78, 5) is 13.0. The number of ether oxygens (including phenoxy) is 1. The zero-order valence-electron chi connectivity index (χ0n) is 19.3. The highest BCUT2D eigenvalue weighted by Crippen LogP contribution is 2.27. The van der Waals surface area contributed by atoms with E-state index in [0.717, 1.165) is 5.56 Å². The Labute approximate surface area is 208 Å². The average molecular weight is 492 g/mol. The van der Waals surface area contributed by atoms with Crippen LogP contribution in [0, 0.1) is 10.6 Å². The van der Waals surface area contributed by atoms with Crippen molar-refractivity contribution in [1.29, 1.82) is 0 Å². The number of aromatic nitrogens is 2. The van der Waals surface area contributed by atoms with E-state index in [9.17, 15) is 14.3 Å². The molecule has 0 aliphatic heterocycles. The first-order chi connectivity index (χ1) is 17.0.